The van der Waals surface area contributed by atoms with Crippen molar-refractivity contribution in [3.63, 3.8) is 0 Å². The van der Waals surface area contributed by atoms with Crippen LogP contribution in [-0.4, -0.2) is 11.6 Å². The molecule has 1 atom stereocenters. The highest BCUT2D eigenvalue weighted by atomic mass is 15.3. The summed E-state index contributed by atoms with van der Waals surface area (Å²) >= 11 is 0. The number of nitrogens with one attached hydrogen (secondary N) is 1. The third-order valence-electron chi connectivity index (χ3n) is 3.99. The maximum atomic E-state index is 2.38. The normalized spacial score (nSPS) is 17.4. The third kappa shape index (κ3) is 3.73. The minimum Gasteiger partial charge on any atom is -0.322 e. The summed E-state index contributed by atoms with van der Waals surface area (Å²) < 4.78 is 0. The maximum absolute atomic E-state index is 2.38. The van der Waals surface area contributed by atoms with Gasteiger partial charge in [0.25, 0.3) is 0 Å². The molecule has 1 unspecified atom stereocenters. The molecule has 2 aromatic rings. The largest absolute Gasteiger partial charge is 0.322 e. The predicted octanol–water partition coefficient (Wildman–Crippen LogP) is 2.63. The van der Waals surface area contributed by atoms with Gasteiger partial charge in [-0.3, -0.25) is 4.90 Å². The average Bonchev–Trinajstić information content (AvgIpc) is 2.91. The van der Waals surface area contributed by atoms with Gasteiger partial charge in [-0.2, -0.15) is 0 Å². The van der Waals surface area contributed by atoms with Crippen LogP contribution in [0.2, 0.25) is 0 Å². The molecule has 0 bridgehead atoms. The monoisotopic (exact) mass is 279 g/mol. The quantitative estimate of drug-likeness (QED) is 0.904. The van der Waals surface area contributed by atoms with E-state index in [0.717, 1.165) is 19.8 Å². The highest BCUT2D eigenvalue weighted by molar-refractivity contribution is 5.22. The van der Waals surface area contributed by atoms with Gasteiger partial charge in [-0.05, 0) is 19.4 Å². The van der Waals surface area contributed by atoms with Crippen molar-refractivity contribution in [1.29, 1.82) is 0 Å². The van der Waals surface area contributed by atoms with Crippen molar-refractivity contribution in [2.24, 2.45) is 0 Å². The Morgan fingerprint density at radius 3 is 2.05 bits per heavy atom. The predicted molar refractivity (Wildman–Crippen MR) is 86.6 cm³/mol. The van der Waals surface area contributed by atoms with Crippen molar-refractivity contribution in [3.05, 3.63) is 83.2 Å². The van der Waals surface area contributed by atoms with E-state index in [1.807, 2.05) is 0 Å². The Bertz CT molecular complexity index is 556. The molecule has 108 valence electrons. The molecule has 2 nitrogen and oxygen atoms in total. The SMILES string of the molecule is Cc1ccc(CN2C=C[NH+](Cc3ccc(C)cc3)C2)cc1. The lowest BCUT2D eigenvalue weighted by Gasteiger charge is -2.17. The molecule has 0 amide bonds. The molecule has 0 aromatic heterocycles. The number of quaternary nitrogens is 1. The standard InChI is InChI=1S/C19H22N2/c1-16-3-7-18(8-4-16)13-20-11-12-21(15-20)14-19-9-5-17(2)6-10-19/h3-12H,13-15H2,1-2H3/p+1. The minimum atomic E-state index is 0.994. The third-order valence-corrected chi connectivity index (χ3v) is 3.99. The molecule has 2 aromatic carbocycles. The molecule has 1 aliphatic heterocycles. The van der Waals surface area contributed by atoms with Crippen molar-refractivity contribution in [2.75, 3.05) is 6.67 Å². The van der Waals surface area contributed by atoms with Crippen LogP contribution in [0.4, 0.5) is 0 Å². The summed E-state index contributed by atoms with van der Waals surface area (Å²) in [5, 5.41) is 0. The molecular weight excluding hydrogens is 256 g/mol. The lowest BCUT2D eigenvalue weighted by atomic mass is 10.1. The first kappa shape index (κ1) is 13.9. The summed E-state index contributed by atoms with van der Waals surface area (Å²) in [5.41, 5.74) is 5.42. The van der Waals surface area contributed by atoms with E-state index in [9.17, 15) is 0 Å². The number of hydrogen-bond donors (Lipinski definition) is 1. The molecule has 0 radical (unpaired) electrons. The first-order chi connectivity index (χ1) is 10.2. The zero-order valence-electron chi connectivity index (χ0n) is 12.8. The summed E-state index contributed by atoms with van der Waals surface area (Å²) in [4.78, 5) is 3.87. The molecule has 1 N–H and O–H groups in total. The fourth-order valence-electron chi connectivity index (χ4n) is 2.70. The second-order valence-corrected chi connectivity index (χ2v) is 6.03. The molecule has 0 spiro atoms. The molecule has 0 fully saturated rings. The van der Waals surface area contributed by atoms with Crippen LogP contribution >= 0.6 is 0 Å². The van der Waals surface area contributed by atoms with E-state index in [1.165, 1.54) is 27.2 Å². The van der Waals surface area contributed by atoms with Gasteiger partial charge < -0.3 is 4.90 Å². The second kappa shape index (κ2) is 6.15. The summed E-state index contributed by atoms with van der Waals surface area (Å²) in [5.74, 6) is 0. The lowest BCUT2D eigenvalue weighted by Crippen LogP contribution is -3.05. The van der Waals surface area contributed by atoms with Gasteiger partial charge >= 0.3 is 0 Å². The van der Waals surface area contributed by atoms with E-state index in [-0.39, 0.29) is 0 Å². The highest BCUT2D eigenvalue weighted by Crippen LogP contribution is 2.08. The number of aryl methyl sites for hydroxylation is 2. The zero-order chi connectivity index (χ0) is 14.7. The van der Waals surface area contributed by atoms with Crippen LogP contribution in [0.5, 0.6) is 0 Å². The van der Waals surface area contributed by atoms with E-state index < -0.39 is 0 Å². The van der Waals surface area contributed by atoms with E-state index in [0.29, 0.717) is 0 Å². The topological polar surface area (TPSA) is 7.68 Å². The molecule has 3 rings (SSSR count). The van der Waals surface area contributed by atoms with Crippen LogP contribution in [0, 0.1) is 13.8 Å². The fraction of sp³-hybridized carbons (Fsp3) is 0.263. The first-order valence-electron chi connectivity index (χ1n) is 7.57. The molecule has 0 saturated carbocycles. The Kier molecular flexibility index (Phi) is 4.07. The summed E-state index contributed by atoms with van der Waals surface area (Å²) in [6.45, 7) is 7.36. The van der Waals surface area contributed by atoms with E-state index in [2.05, 4.69) is 79.7 Å². The molecule has 1 heterocycles. The van der Waals surface area contributed by atoms with E-state index in [4.69, 9.17) is 0 Å². The number of rotatable bonds is 4. The van der Waals surface area contributed by atoms with Gasteiger partial charge in [-0.15, -0.1) is 0 Å². The van der Waals surface area contributed by atoms with Gasteiger partial charge in [0.1, 0.15) is 12.7 Å². The van der Waals surface area contributed by atoms with Gasteiger partial charge in [-0.1, -0.05) is 59.7 Å². The summed E-state index contributed by atoms with van der Waals surface area (Å²) in [6.07, 6.45) is 4.50. The van der Waals surface area contributed by atoms with Gasteiger partial charge in [0.2, 0.25) is 0 Å². The van der Waals surface area contributed by atoms with Crippen molar-refractivity contribution in [1.82, 2.24) is 4.90 Å². The Morgan fingerprint density at radius 2 is 1.43 bits per heavy atom. The Morgan fingerprint density at radius 1 is 0.857 bits per heavy atom. The smallest absolute Gasteiger partial charge is 0.157 e. The van der Waals surface area contributed by atoms with Crippen molar-refractivity contribution >= 4 is 0 Å². The van der Waals surface area contributed by atoms with Crippen molar-refractivity contribution < 1.29 is 4.90 Å². The van der Waals surface area contributed by atoms with Crippen LogP contribution < -0.4 is 4.90 Å². The van der Waals surface area contributed by atoms with Crippen LogP contribution in [0.15, 0.2) is 60.9 Å². The zero-order valence-corrected chi connectivity index (χ0v) is 12.8. The van der Waals surface area contributed by atoms with Crippen LogP contribution in [0.3, 0.4) is 0 Å². The van der Waals surface area contributed by atoms with Gasteiger partial charge in [0.15, 0.2) is 6.67 Å². The second-order valence-electron chi connectivity index (χ2n) is 6.03. The molecular formula is C19H23N2+. The Labute approximate surface area is 127 Å². The van der Waals surface area contributed by atoms with Crippen LogP contribution in [0.25, 0.3) is 0 Å². The molecule has 0 saturated heterocycles. The number of nitrogens with zero attached hydrogens (tertiary/aromatic N) is 1. The average molecular weight is 279 g/mol. The van der Waals surface area contributed by atoms with Crippen molar-refractivity contribution in [2.45, 2.75) is 26.9 Å². The Hall–Kier alpha value is -2.06. The minimum absolute atomic E-state index is 0.994. The van der Waals surface area contributed by atoms with Gasteiger partial charge in [0, 0.05) is 12.1 Å². The molecule has 0 aliphatic carbocycles. The highest BCUT2D eigenvalue weighted by Gasteiger charge is 2.17. The van der Waals surface area contributed by atoms with Crippen LogP contribution in [0.1, 0.15) is 22.3 Å². The van der Waals surface area contributed by atoms with Crippen LogP contribution in [-0.2, 0) is 13.1 Å². The summed E-state index contributed by atoms with van der Waals surface area (Å²) in [6, 6.07) is 17.7. The fourth-order valence-corrected chi connectivity index (χ4v) is 2.70. The lowest BCUT2D eigenvalue weighted by molar-refractivity contribution is -0.863. The van der Waals surface area contributed by atoms with Gasteiger partial charge in [-0.25, -0.2) is 0 Å². The Balaban J connectivity index is 1.55. The van der Waals surface area contributed by atoms with E-state index >= 15 is 0 Å². The maximum Gasteiger partial charge on any atom is 0.157 e. The van der Waals surface area contributed by atoms with Gasteiger partial charge in [0.05, 0.1) is 6.20 Å². The number of benzene rings is 2. The summed E-state index contributed by atoms with van der Waals surface area (Å²) in [7, 11) is 0. The van der Waals surface area contributed by atoms with E-state index in [1.54, 1.807) is 0 Å². The molecule has 1 aliphatic rings. The molecule has 2 heteroatoms. The molecule has 21 heavy (non-hydrogen) atoms. The number of hydrogen-bond acceptors (Lipinski definition) is 1. The first-order valence-corrected chi connectivity index (χ1v) is 7.57. The van der Waals surface area contributed by atoms with Crippen molar-refractivity contribution in [3.8, 4) is 0 Å².